The molecule has 6 heteroatoms. The summed E-state index contributed by atoms with van der Waals surface area (Å²) in [6, 6.07) is 3.04. The summed E-state index contributed by atoms with van der Waals surface area (Å²) < 4.78 is 42.4. The van der Waals surface area contributed by atoms with Crippen LogP contribution >= 0.6 is 12.4 Å². The third-order valence-corrected chi connectivity index (χ3v) is 2.04. The minimum Gasteiger partial charge on any atom is -0.496 e. The Bertz CT molecular complexity index is 336. The van der Waals surface area contributed by atoms with Crippen LogP contribution in [0.5, 0.6) is 5.75 Å². The van der Waals surface area contributed by atoms with Crippen LogP contribution in [0.25, 0.3) is 0 Å². The van der Waals surface area contributed by atoms with E-state index in [9.17, 15) is 13.2 Å². The molecule has 1 atom stereocenters. The van der Waals surface area contributed by atoms with Gasteiger partial charge in [-0.15, -0.1) is 12.4 Å². The Balaban J connectivity index is 0.00000225. The fourth-order valence-corrected chi connectivity index (χ4v) is 1.36. The topological polar surface area (TPSA) is 35.2 Å². The highest BCUT2D eigenvalue weighted by Crippen LogP contribution is 2.29. The van der Waals surface area contributed by atoms with E-state index in [-0.39, 0.29) is 23.7 Å². The van der Waals surface area contributed by atoms with Crippen LogP contribution in [0.2, 0.25) is 0 Å². The number of benzene rings is 1. The molecular formula is C10H13ClF3NO. The van der Waals surface area contributed by atoms with Gasteiger partial charge in [0.1, 0.15) is 11.6 Å². The van der Waals surface area contributed by atoms with Crippen molar-refractivity contribution < 1.29 is 17.9 Å². The lowest BCUT2D eigenvalue weighted by molar-refractivity contribution is 0.127. The van der Waals surface area contributed by atoms with Gasteiger partial charge in [-0.05, 0) is 12.1 Å². The zero-order chi connectivity index (χ0) is 11.4. The highest BCUT2D eigenvalue weighted by Gasteiger charge is 2.20. The predicted octanol–water partition coefficient (Wildman–Crippen LogP) is 2.91. The number of rotatable bonds is 4. The van der Waals surface area contributed by atoms with Crippen LogP contribution in [0.1, 0.15) is 18.0 Å². The third-order valence-electron chi connectivity index (χ3n) is 2.04. The Hall–Kier alpha value is -0.940. The van der Waals surface area contributed by atoms with Crippen molar-refractivity contribution in [2.75, 3.05) is 7.11 Å². The second-order valence-electron chi connectivity index (χ2n) is 3.09. The number of hydrogen-bond acceptors (Lipinski definition) is 2. The van der Waals surface area contributed by atoms with Gasteiger partial charge in [0.25, 0.3) is 0 Å². The molecule has 0 bridgehead atoms. The van der Waals surface area contributed by atoms with Gasteiger partial charge in [-0.3, -0.25) is 0 Å². The third kappa shape index (κ3) is 3.57. The summed E-state index contributed by atoms with van der Waals surface area (Å²) in [5, 5.41) is 0. The lowest BCUT2D eigenvalue weighted by atomic mass is 10.0. The van der Waals surface area contributed by atoms with E-state index in [0.29, 0.717) is 0 Å². The maximum atomic E-state index is 13.3. The number of hydrogen-bond donors (Lipinski definition) is 1. The summed E-state index contributed by atoms with van der Waals surface area (Å²) >= 11 is 0. The molecule has 0 aliphatic heterocycles. The normalized spacial score (nSPS) is 12.1. The molecule has 0 saturated carbocycles. The van der Waals surface area contributed by atoms with E-state index < -0.39 is 24.7 Å². The Kier molecular flexibility index (Phi) is 6.21. The summed E-state index contributed by atoms with van der Waals surface area (Å²) in [5.74, 6) is -0.425. The van der Waals surface area contributed by atoms with Gasteiger partial charge in [-0.1, -0.05) is 6.07 Å². The van der Waals surface area contributed by atoms with Gasteiger partial charge >= 0.3 is 0 Å². The minimum absolute atomic E-state index is 0. The number of ether oxygens (including phenoxy) is 1. The highest BCUT2D eigenvalue weighted by atomic mass is 35.5. The Labute approximate surface area is 98.0 Å². The van der Waals surface area contributed by atoms with Crippen molar-refractivity contribution in [1.82, 2.24) is 0 Å². The summed E-state index contributed by atoms with van der Waals surface area (Å²) in [7, 11) is 1.34. The smallest absolute Gasteiger partial charge is 0.240 e. The fourth-order valence-electron chi connectivity index (χ4n) is 1.36. The van der Waals surface area contributed by atoms with Gasteiger partial charge in [-0.2, -0.15) is 0 Å². The Morgan fingerprint density at radius 2 is 2.00 bits per heavy atom. The molecule has 0 unspecified atom stereocenters. The number of alkyl halides is 2. The number of nitrogens with two attached hydrogens (primary N) is 1. The first-order chi connectivity index (χ1) is 7.06. The molecule has 0 heterocycles. The van der Waals surface area contributed by atoms with E-state index in [2.05, 4.69) is 0 Å². The van der Waals surface area contributed by atoms with Crippen molar-refractivity contribution in [2.45, 2.75) is 18.9 Å². The Morgan fingerprint density at radius 3 is 2.50 bits per heavy atom. The van der Waals surface area contributed by atoms with Crippen molar-refractivity contribution in [1.29, 1.82) is 0 Å². The maximum absolute atomic E-state index is 13.3. The zero-order valence-corrected chi connectivity index (χ0v) is 9.44. The van der Waals surface area contributed by atoms with Crippen molar-refractivity contribution in [3.63, 3.8) is 0 Å². The van der Waals surface area contributed by atoms with Gasteiger partial charge < -0.3 is 10.5 Å². The summed E-state index contributed by atoms with van der Waals surface area (Å²) in [6.07, 6.45) is -3.15. The summed E-state index contributed by atoms with van der Waals surface area (Å²) in [6.45, 7) is 0. The van der Waals surface area contributed by atoms with Crippen molar-refractivity contribution >= 4 is 12.4 Å². The predicted molar refractivity (Wildman–Crippen MR) is 57.7 cm³/mol. The molecule has 0 amide bonds. The van der Waals surface area contributed by atoms with Crippen molar-refractivity contribution in [2.24, 2.45) is 5.73 Å². The van der Waals surface area contributed by atoms with Gasteiger partial charge in [0.2, 0.25) is 6.43 Å². The standard InChI is InChI=1S/C10H12F3NO.ClH/c1-15-8-4-2-3-6(11)10(8)7(14)5-9(12)13;/h2-4,7,9H,5,14H2,1H3;1H/t7-;/m0./s1. The average molecular weight is 256 g/mol. The van der Waals surface area contributed by atoms with Gasteiger partial charge in [-0.25, -0.2) is 13.2 Å². The zero-order valence-electron chi connectivity index (χ0n) is 8.62. The lowest BCUT2D eigenvalue weighted by Gasteiger charge is -2.15. The molecule has 1 aromatic carbocycles. The molecular weight excluding hydrogens is 243 g/mol. The molecule has 0 aliphatic rings. The summed E-state index contributed by atoms with van der Waals surface area (Å²) in [5.41, 5.74) is 5.47. The van der Waals surface area contributed by atoms with E-state index in [0.717, 1.165) is 0 Å². The Morgan fingerprint density at radius 1 is 1.38 bits per heavy atom. The molecule has 0 spiro atoms. The molecule has 2 N–H and O–H groups in total. The van der Waals surface area contributed by atoms with E-state index in [4.69, 9.17) is 10.5 Å². The molecule has 0 aliphatic carbocycles. The monoisotopic (exact) mass is 255 g/mol. The lowest BCUT2D eigenvalue weighted by Crippen LogP contribution is -2.16. The highest BCUT2D eigenvalue weighted by molar-refractivity contribution is 5.85. The van der Waals surface area contributed by atoms with Crippen LogP contribution in [-0.4, -0.2) is 13.5 Å². The van der Waals surface area contributed by atoms with Crippen LogP contribution in [0.3, 0.4) is 0 Å². The second-order valence-corrected chi connectivity index (χ2v) is 3.09. The van der Waals surface area contributed by atoms with Gasteiger partial charge in [0, 0.05) is 18.0 Å². The number of methoxy groups -OCH3 is 1. The molecule has 1 rings (SSSR count). The first-order valence-electron chi connectivity index (χ1n) is 4.42. The second kappa shape index (κ2) is 6.60. The van der Waals surface area contributed by atoms with Crippen molar-refractivity contribution in [3.8, 4) is 5.75 Å². The number of halogens is 4. The SMILES string of the molecule is COc1cccc(F)c1[C@@H](N)CC(F)F.Cl. The first-order valence-corrected chi connectivity index (χ1v) is 4.42. The van der Waals surface area contributed by atoms with E-state index in [1.165, 1.54) is 25.3 Å². The quantitative estimate of drug-likeness (QED) is 0.898. The maximum Gasteiger partial charge on any atom is 0.240 e. The van der Waals surface area contributed by atoms with Crippen LogP contribution in [0, 0.1) is 5.82 Å². The van der Waals surface area contributed by atoms with Gasteiger partial charge in [0.15, 0.2) is 0 Å². The van der Waals surface area contributed by atoms with E-state index in [1.807, 2.05) is 0 Å². The molecule has 0 saturated heterocycles. The van der Waals surface area contributed by atoms with Crippen LogP contribution in [0.15, 0.2) is 18.2 Å². The molecule has 0 fully saturated rings. The minimum atomic E-state index is -2.57. The molecule has 1 aromatic rings. The van der Waals surface area contributed by atoms with E-state index in [1.54, 1.807) is 0 Å². The van der Waals surface area contributed by atoms with Crippen molar-refractivity contribution in [3.05, 3.63) is 29.6 Å². The molecule has 2 nitrogen and oxygen atoms in total. The van der Waals surface area contributed by atoms with Gasteiger partial charge in [0.05, 0.1) is 7.11 Å². The molecule has 92 valence electrons. The van der Waals surface area contributed by atoms with Crippen LogP contribution in [-0.2, 0) is 0 Å². The molecule has 16 heavy (non-hydrogen) atoms. The van der Waals surface area contributed by atoms with E-state index >= 15 is 0 Å². The fraction of sp³-hybridized carbons (Fsp3) is 0.400. The molecule has 0 radical (unpaired) electrons. The average Bonchev–Trinajstić information content (AvgIpc) is 2.15. The van der Waals surface area contributed by atoms with Crippen LogP contribution < -0.4 is 10.5 Å². The largest absolute Gasteiger partial charge is 0.496 e. The van der Waals surface area contributed by atoms with Crippen LogP contribution in [0.4, 0.5) is 13.2 Å². The first kappa shape index (κ1) is 15.1. The molecule has 0 aromatic heterocycles. The summed E-state index contributed by atoms with van der Waals surface area (Å²) in [4.78, 5) is 0.